The lowest BCUT2D eigenvalue weighted by atomic mass is 10.0. The minimum atomic E-state index is -4.15. The van der Waals surface area contributed by atoms with Crippen LogP contribution in [0.3, 0.4) is 0 Å². The molecule has 0 radical (unpaired) electrons. The third kappa shape index (κ3) is 8.96. The predicted molar refractivity (Wildman–Crippen MR) is 181 cm³/mol. The average Bonchev–Trinajstić information content (AvgIpc) is 3.05. The Morgan fingerprint density at radius 3 is 2.02 bits per heavy atom. The molecule has 0 unspecified atom stereocenters. The van der Waals surface area contributed by atoms with Crippen molar-refractivity contribution < 1.29 is 18.0 Å². The second-order valence-electron chi connectivity index (χ2n) is 11.3. The Kier molecular flexibility index (Phi) is 11.8. The Bertz CT molecular complexity index is 1660. The molecule has 9 heteroatoms. The summed E-state index contributed by atoms with van der Waals surface area (Å²) in [6.45, 7) is 5.96. The normalized spacial score (nSPS) is 12.0. The van der Waals surface area contributed by atoms with E-state index in [0.717, 1.165) is 16.7 Å². The summed E-state index contributed by atoms with van der Waals surface area (Å²) in [5.41, 5.74) is 2.84. The first kappa shape index (κ1) is 33.7. The molecule has 4 aromatic carbocycles. The number of carbonyl (C=O) groups excluding carboxylic acids is 2. The van der Waals surface area contributed by atoms with Crippen LogP contribution in [0.25, 0.3) is 0 Å². The molecule has 45 heavy (non-hydrogen) atoms. The molecule has 0 fully saturated rings. The molecule has 0 aliphatic heterocycles. The summed E-state index contributed by atoms with van der Waals surface area (Å²) in [5, 5.41) is 3.55. The lowest BCUT2D eigenvalue weighted by Crippen LogP contribution is -2.53. The first-order valence-electron chi connectivity index (χ1n) is 15.1. The molecular weight excluding hydrogens is 606 g/mol. The third-order valence-electron chi connectivity index (χ3n) is 7.47. The van der Waals surface area contributed by atoms with E-state index >= 15 is 0 Å². The van der Waals surface area contributed by atoms with Crippen LogP contribution in [-0.2, 0) is 39.0 Å². The van der Waals surface area contributed by atoms with Crippen LogP contribution in [0.1, 0.15) is 37.5 Å². The van der Waals surface area contributed by atoms with Gasteiger partial charge in [0, 0.05) is 24.5 Å². The number of nitrogens with zero attached hydrogens (tertiary/aromatic N) is 2. The number of carbonyl (C=O) groups is 2. The van der Waals surface area contributed by atoms with E-state index in [9.17, 15) is 18.0 Å². The molecule has 236 valence electrons. The molecule has 4 rings (SSSR count). The molecule has 2 amide bonds. The molecule has 0 aliphatic carbocycles. The molecule has 0 spiro atoms. The van der Waals surface area contributed by atoms with Crippen LogP contribution in [0, 0.1) is 5.92 Å². The van der Waals surface area contributed by atoms with Gasteiger partial charge in [-0.05, 0) is 59.4 Å². The molecule has 0 heterocycles. The first-order valence-corrected chi connectivity index (χ1v) is 16.9. The van der Waals surface area contributed by atoms with E-state index in [0.29, 0.717) is 23.7 Å². The van der Waals surface area contributed by atoms with Gasteiger partial charge in [0.2, 0.25) is 11.8 Å². The largest absolute Gasteiger partial charge is 0.354 e. The molecule has 0 aromatic heterocycles. The van der Waals surface area contributed by atoms with Gasteiger partial charge in [-0.25, -0.2) is 8.42 Å². The van der Waals surface area contributed by atoms with Crippen LogP contribution in [-0.4, -0.2) is 44.3 Å². The molecule has 7 nitrogen and oxygen atoms in total. The van der Waals surface area contributed by atoms with Crippen molar-refractivity contribution in [1.82, 2.24) is 10.2 Å². The van der Waals surface area contributed by atoms with Crippen molar-refractivity contribution in [2.45, 2.75) is 51.1 Å². The standard InChI is InChI=1S/C36H40ClN3O4S/c1-4-30-15-11-12-18-33(30)40(45(43,44)32-16-9-6-10-17-32)26-35(41)39(25-29-19-21-31(37)22-20-29)34(36(42)38-24-27(2)3)23-28-13-7-5-8-14-28/h5-22,27,34H,4,23-26H2,1-3H3,(H,38,42)/t34-/m0/s1. The molecule has 1 atom stereocenters. The Morgan fingerprint density at radius 2 is 1.40 bits per heavy atom. The Balaban J connectivity index is 1.81. The number of para-hydroxylation sites is 1. The van der Waals surface area contributed by atoms with E-state index < -0.39 is 28.5 Å². The summed E-state index contributed by atoms with van der Waals surface area (Å²) < 4.78 is 29.5. The van der Waals surface area contributed by atoms with Crippen LogP contribution >= 0.6 is 11.6 Å². The van der Waals surface area contributed by atoms with Crippen molar-refractivity contribution in [2.75, 3.05) is 17.4 Å². The Morgan fingerprint density at radius 1 is 0.800 bits per heavy atom. The van der Waals surface area contributed by atoms with Crippen molar-refractivity contribution in [3.05, 3.63) is 131 Å². The highest BCUT2D eigenvalue weighted by Crippen LogP contribution is 2.28. The summed E-state index contributed by atoms with van der Waals surface area (Å²) in [7, 11) is -4.15. The van der Waals surface area contributed by atoms with Gasteiger partial charge >= 0.3 is 0 Å². The zero-order chi connectivity index (χ0) is 32.4. The third-order valence-corrected chi connectivity index (χ3v) is 9.50. The fourth-order valence-corrected chi connectivity index (χ4v) is 6.65. The fraction of sp³-hybridized carbons (Fsp3) is 0.278. The summed E-state index contributed by atoms with van der Waals surface area (Å²) in [4.78, 5) is 30.0. The van der Waals surface area contributed by atoms with Crippen LogP contribution in [0.5, 0.6) is 0 Å². The summed E-state index contributed by atoms with van der Waals surface area (Å²) in [6.07, 6.45) is 0.814. The van der Waals surface area contributed by atoms with Crippen LogP contribution in [0.4, 0.5) is 5.69 Å². The smallest absolute Gasteiger partial charge is 0.264 e. The number of halogens is 1. The molecule has 0 saturated heterocycles. The molecule has 4 aromatic rings. The lowest BCUT2D eigenvalue weighted by Gasteiger charge is -2.34. The number of rotatable bonds is 14. The van der Waals surface area contributed by atoms with Gasteiger partial charge in [0.1, 0.15) is 12.6 Å². The van der Waals surface area contributed by atoms with Gasteiger partial charge in [0.05, 0.1) is 10.6 Å². The SMILES string of the molecule is CCc1ccccc1N(CC(=O)N(Cc1ccc(Cl)cc1)[C@@H](Cc1ccccc1)C(=O)NCC(C)C)S(=O)(=O)c1ccccc1. The van der Waals surface area contributed by atoms with Crippen LogP contribution in [0.2, 0.25) is 5.02 Å². The van der Waals surface area contributed by atoms with Gasteiger partial charge in [-0.15, -0.1) is 0 Å². The number of hydrogen-bond donors (Lipinski definition) is 1. The highest BCUT2D eigenvalue weighted by molar-refractivity contribution is 7.92. The average molecular weight is 646 g/mol. The molecular formula is C36H40ClN3O4S. The maximum atomic E-state index is 14.6. The monoisotopic (exact) mass is 645 g/mol. The molecule has 0 saturated carbocycles. The van der Waals surface area contributed by atoms with Gasteiger partial charge in [-0.1, -0.05) is 111 Å². The maximum Gasteiger partial charge on any atom is 0.264 e. The number of hydrogen-bond acceptors (Lipinski definition) is 4. The van der Waals surface area contributed by atoms with Gasteiger partial charge in [-0.2, -0.15) is 0 Å². The second-order valence-corrected chi connectivity index (χ2v) is 13.6. The zero-order valence-electron chi connectivity index (χ0n) is 25.9. The van der Waals surface area contributed by atoms with Crippen molar-refractivity contribution in [2.24, 2.45) is 5.92 Å². The van der Waals surface area contributed by atoms with Gasteiger partial charge in [0.25, 0.3) is 10.0 Å². The topological polar surface area (TPSA) is 86.8 Å². The van der Waals surface area contributed by atoms with E-state index in [4.69, 9.17) is 11.6 Å². The van der Waals surface area contributed by atoms with Crippen molar-refractivity contribution in [1.29, 1.82) is 0 Å². The molecule has 0 bridgehead atoms. The first-order chi connectivity index (χ1) is 21.6. The highest BCUT2D eigenvalue weighted by Gasteiger charge is 2.35. The number of aryl methyl sites for hydroxylation is 1. The fourth-order valence-electron chi connectivity index (χ4n) is 5.05. The molecule has 0 aliphatic rings. The summed E-state index contributed by atoms with van der Waals surface area (Å²) >= 11 is 6.16. The van der Waals surface area contributed by atoms with E-state index in [-0.39, 0.29) is 29.7 Å². The number of benzene rings is 4. The minimum Gasteiger partial charge on any atom is -0.354 e. The van der Waals surface area contributed by atoms with Crippen molar-refractivity contribution in [3.8, 4) is 0 Å². The van der Waals surface area contributed by atoms with E-state index in [1.54, 1.807) is 54.6 Å². The van der Waals surface area contributed by atoms with Gasteiger partial charge < -0.3 is 10.2 Å². The van der Waals surface area contributed by atoms with Gasteiger partial charge in [0.15, 0.2) is 0 Å². The summed E-state index contributed by atoms with van der Waals surface area (Å²) in [6, 6.07) is 30.9. The Hall–Kier alpha value is -4.14. The van der Waals surface area contributed by atoms with E-state index in [1.807, 2.05) is 63.2 Å². The number of amides is 2. The lowest BCUT2D eigenvalue weighted by molar-refractivity contribution is -0.140. The van der Waals surface area contributed by atoms with Crippen molar-refractivity contribution >= 4 is 39.1 Å². The second kappa shape index (κ2) is 15.7. The summed E-state index contributed by atoms with van der Waals surface area (Å²) in [5.74, 6) is -0.610. The number of sulfonamides is 1. The minimum absolute atomic E-state index is 0.0727. The van der Waals surface area contributed by atoms with Crippen LogP contribution in [0.15, 0.2) is 114 Å². The number of anilines is 1. The predicted octanol–water partition coefficient (Wildman–Crippen LogP) is 6.51. The quantitative estimate of drug-likeness (QED) is 0.169. The number of nitrogens with one attached hydrogen (secondary N) is 1. The highest BCUT2D eigenvalue weighted by atomic mass is 35.5. The van der Waals surface area contributed by atoms with Crippen LogP contribution < -0.4 is 9.62 Å². The maximum absolute atomic E-state index is 14.6. The van der Waals surface area contributed by atoms with E-state index in [2.05, 4.69) is 5.32 Å². The van der Waals surface area contributed by atoms with E-state index in [1.165, 1.54) is 21.3 Å². The van der Waals surface area contributed by atoms with Crippen molar-refractivity contribution in [3.63, 3.8) is 0 Å². The zero-order valence-corrected chi connectivity index (χ0v) is 27.5. The Labute approximate surface area is 271 Å². The van der Waals surface area contributed by atoms with Gasteiger partial charge in [-0.3, -0.25) is 13.9 Å². The molecule has 1 N–H and O–H groups in total.